The van der Waals surface area contributed by atoms with Crippen molar-refractivity contribution in [2.45, 2.75) is 19.8 Å². The number of ether oxygens (including phenoxy) is 1. The van der Waals surface area contributed by atoms with E-state index in [0.29, 0.717) is 5.92 Å². The standard InChI is InChI=1S/C11H17NO/c1-8(2)10-7-9(12-3)5-6-11(10)13-4/h5-8,12H,1-4H3. The quantitative estimate of drug-likeness (QED) is 0.770. The highest BCUT2D eigenvalue weighted by molar-refractivity contribution is 5.51. The second kappa shape index (κ2) is 4.17. The van der Waals surface area contributed by atoms with Crippen molar-refractivity contribution >= 4 is 5.69 Å². The van der Waals surface area contributed by atoms with E-state index in [-0.39, 0.29) is 0 Å². The highest BCUT2D eigenvalue weighted by Gasteiger charge is 2.07. The molecule has 1 rings (SSSR count). The summed E-state index contributed by atoms with van der Waals surface area (Å²) < 4.78 is 5.28. The molecule has 72 valence electrons. The van der Waals surface area contributed by atoms with Crippen LogP contribution in [0, 0.1) is 0 Å². The van der Waals surface area contributed by atoms with E-state index < -0.39 is 0 Å². The molecule has 0 spiro atoms. The van der Waals surface area contributed by atoms with Crippen molar-refractivity contribution < 1.29 is 4.74 Å². The molecule has 2 heteroatoms. The zero-order chi connectivity index (χ0) is 9.84. The van der Waals surface area contributed by atoms with Crippen LogP contribution in [-0.2, 0) is 0 Å². The van der Waals surface area contributed by atoms with Crippen LogP contribution in [-0.4, -0.2) is 14.2 Å². The summed E-state index contributed by atoms with van der Waals surface area (Å²) in [4.78, 5) is 0. The third-order valence-electron chi connectivity index (χ3n) is 2.14. The largest absolute Gasteiger partial charge is 0.496 e. The van der Waals surface area contributed by atoms with Gasteiger partial charge in [0, 0.05) is 12.7 Å². The first kappa shape index (κ1) is 9.90. The molecule has 0 aliphatic heterocycles. The molecule has 1 aromatic carbocycles. The van der Waals surface area contributed by atoms with Crippen LogP contribution in [0.4, 0.5) is 5.69 Å². The molecular weight excluding hydrogens is 162 g/mol. The van der Waals surface area contributed by atoms with Gasteiger partial charge in [-0.3, -0.25) is 0 Å². The van der Waals surface area contributed by atoms with E-state index in [1.54, 1.807) is 7.11 Å². The van der Waals surface area contributed by atoms with Gasteiger partial charge in [-0.05, 0) is 29.7 Å². The van der Waals surface area contributed by atoms with Gasteiger partial charge >= 0.3 is 0 Å². The summed E-state index contributed by atoms with van der Waals surface area (Å²) in [7, 11) is 3.63. The van der Waals surface area contributed by atoms with Gasteiger partial charge in [-0.25, -0.2) is 0 Å². The Bertz CT molecular complexity index is 281. The van der Waals surface area contributed by atoms with Gasteiger partial charge < -0.3 is 10.1 Å². The Hall–Kier alpha value is -1.18. The summed E-state index contributed by atoms with van der Waals surface area (Å²) in [6.45, 7) is 4.33. The second-order valence-corrected chi connectivity index (χ2v) is 3.36. The maximum Gasteiger partial charge on any atom is 0.122 e. The minimum atomic E-state index is 0.489. The van der Waals surface area contributed by atoms with Crippen LogP contribution < -0.4 is 10.1 Å². The fourth-order valence-electron chi connectivity index (χ4n) is 1.34. The molecule has 0 bridgehead atoms. The van der Waals surface area contributed by atoms with Crippen molar-refractivity contribution in [3.63, 3.8) is 0 Å². The lowest BCUT2D eigenvalue weighted by atomic mass is 10.0. The Morgan fingerprint density at radius 3 is 2.46 bits per heavy atom. The van der Waals surface area contributed by atoms with Crippen molar-refractivity contribution in [1.82, 2.24) is 0 Å². The second-order valence-electron chi connectivity index (χ2n) is 3.36. The zero-order valence-corrected chi connectivity index (χ0v) is 8.72. The summed E-state index contributed by atoms with van der Waals surface area (Å²) in [5.74, 6) is 1.46. The van der Waals surface area contributed by atoms with Gasteiger partial charge in [0.1, 0.15) is 5.75 Å². The van der Waals surface area contributed by atoms with Crippen LogP contribution in [0.1, 0.15) is 25.3 Å². The van der Waals surface area contributed by atoms with E-state index in [9.17, 15) is 0 Å². The maximum atomic E-state index is 5.28. The molecule has 0 heterocycles. The van der Waals surface area contributed by atoms with Crippen molar-refractivity contribution in [2.75, 3.05) is 19.5 Å². The van der Waals surface area contributed by atoms with Gasteiger partial charge in [0.2, 0.25) is 0 Å². The van der Waals surface area contributed by atoms with E-state index >= 15 is 0 Å². The molecule has 0 amide bonds. The number of benzene rings is 1. The Morgan fingerprint density at radius 1 is 1.31 bits per heavy atom. The maximum absolute atomic E-state index is 5.28. The lowest BCUT2D eigenvalue weighted by Gasteiger charge is -2.13. The van der Waals surface area contributed by atoms with E-state index in [2.05, 4.69) is 25.2 Å². The highest BCUT2D eigenvalue weighted by Crippen LogP contribution is 2.28. The topological polar surface area (TPSA) is 21.3 Å². The molecule has 0 aromatic heterocycles. The molecule has 1 aromatic rings. The first-order valence-corrected chi connectivity index (χ1v) is 4.54. The van der Waals surface area contributed by atoms with Gasteiger partial charge in [-0.1, -0.05) is 13.8 Å². The summed E-state index contributed by atoms with van der Waals surface area (Å²) in [6.07, 6.45) is 0. The number of methoxy groups -OCH3 is 1. The van der Waals surface area contributed by atoms with Crippen molar-refractivity contribution in [1.29, 1.82) is 0 Å². The van der Waals surface area contributed by atoms with E-state index in [1.165, 1.54) is 5.56 Å². The van der Waals surface area contributed by atoms with Gasteiger partial charge in [0.25, 0.3) is 0 Å². The minimum absolute atomic E-state index is 0.489. The van der Waals surface area contributed by atoms with Crippen molar-refractivity contribution in [3.8, 4) is 5.75 Å². The summed E-state index contributed by atoms with van der Waals surface area (Å²) in [6, 6.07) is 6.15. The Balaban J connectivity index is 3.10. The molecule has 0 unspecified atom stereocenters. The zero-order valence-electron chi connectivity index (χ0n) is 8.72. The van der Waals surface area contributed by atoms with Gasteiger partial charge in [-0.2, -0.15) is 0 Å². The van der Waals surface area contributed by atoms with Crippen molar-refractivity contribution in [3.05, 3.63) is 23.8 Å². The molecule has 13 heavy (non-hydrogen) atoms. The monoisotopic (exact) mass is 179 g/mol. The molecule has 0 aliphatic carbocycles. The summed E-state index contributed by atoms with van der Waals surface area (Å²) in [5.41, 5.74) is 2.37. The SMILES string of the molecule is CNc1ccc(OC)c(C(C)C)c1. The molecule has 1 N–H and O–H groups in total. The van der Waals surface area contributed by atoms with Gasteiger partial charge in [0.05, 0.1) is 7.11 Å². The fourth-order valence-corrected chi connectivity index (χ4v) is 1.34. The van der Waals surface area contributed by atoms with Gasteiger partial charge in [-0.15, -0.1) is 0 Å². The van der Waals surface area contributed by atoms with E-state index in [0.717, 1.165) is 11.4 Å². The predicted octanol–water partition coefficient (Wildman–Crippen LogP) is 2.86. The minimum Gasteiger partial charge on any atom is -0.496 e. The van der Waals surface area contributed by atoms with Crippen molar-refractivity contribution in [2.24, 2.45) is 0 Å². The van der Waals surface area contributed by atoms with Crippen LogP contribution in [0.15, 0.2) is 18.2 Å². The van der Waals surface area contributed by atoms with Crippen LogP contribution in [0.3, 0.4) is 0 Å². The lowest BCUT2D eigenvalue weighted by molar-refractivity contribution is 0.407. The third-order valence-corrected chi connectivity index (χ3v) is 2.14. The molecule has 0 saturated heterocycles. The van der Waals surface area contributed by atoms with Crippen LogP contribution in [0.2, 0.25) is 0 Å². The highest BCUT2D eigenvalue weighted by atomic mass is 16.5. The Labute approximate surface area is 79.9 Å². The van der Waals surface area contributed by atoms with Gasteiger partial charge in [0.15, 0.2) is 0 Å². The fraction of sp³-hybridized carbons (Fsp3) is 0.455. The lowest BCUT2D eigenvalue weighted by Crippen LogP contribution is -1.96. The first-order valence-electron chi connectivity index (χ1n) is 4.54. The molecule has 0 radical (unpaired) electrons. The summed E-state index contributed by atoms with van der Waals surface area (Å²) >= 11 is 0. The predicted molar refractivity (Wildman–Crippen MR) is 56.6 cm³/mol. The van der Waals surface area contributed by atoms with Crippen LogP contribution in [0.25, 0.3) is 0 Å². The molecule has 0 atom stereocenters. The number of rotatable bonds is 3. The number of hydrogen-bond acceptors (Lipinski definition) is 2. The average molecular weight is 179 g/mol. The molecule has 0 aliphatic rings. The van der Waals surface area contributed by atoms with Crippen LogP contribution >= 0.6 is 0 Å². The normalized spacial score (nSPS) is 10.2. The first-order chi connectivity index (χ1) is 6.19. The summed E-state index contributed by atoms with van der Waals surface area (Å²) in [5, 5.41) is 3.12. The molecular formula is C11H17NO. The average Bonchev–Trinajstić information content (AvgIpc) is 2.16. The molecule has 0 fully saturated rings. The Morgan fingerprint density at radius 2 is 2.00 bits per heavy atom. The van der Waals surface area contributed by atoms with E-state index in [1.807, 2.05) is 19.2 Å². The molecule has 0 saturated carbocycles. The third kappa shape index (κ3) is 2.14. The number of hydrogen-bond donors (Lipinski definition) is 1. The molecule has 2 nitrogen and oxygen atoms in total. The van der Waals surface area contributed by atoms with E-state index in [4.69, 9.17) is 4.74 Å². The number of nitrogens with one attached hydrogen (secondary N) is 1. The Kier molecular flexibility index (Phi) is 3.18. The number of anilines is 1. The smallest absolute Gasteiger partial charge is 0.122 e. The van der Waals surface area contributed by atoms with Crippen LogP contribution in [0.5, 0.6) is 5.75 Å².